The topological polar surface area (TPSA) is 38.5 Å². The van der Waals surface area contributed by atoms with Crippen molar-refractivity contribution in [3.8, 4) is 5.75 Å². The Morgan fingerprint density at radius 3 is 2.25 bits per heavy atom. The third-order valence-corrected chi connectivity index (χ3v) is 4.02. The molecule has 1 aliphatic heterocycles. The highest BCUT2D eigenvalue weighted by atomic mass is 16.5. The van der Waals surface area contributed by atoms with Gasteiger partial charge in [-0.3, -0.25) is 0 Å². The predicted octanol–water partition coefficient (Wildman–Crippen LogP) is 3.35. The SMILES string of the molecule is CCOc1ccc(C(N)CN2CCCCCCC2)cc1. The van der Waals surface area contributed by atoms with E-state index in [2.05, 4.69) is 17.0 Å². The summed E-state index contributed by atoms with van der Waals surface area (Å²) in [5.74, 6) is 0.926. The molecule has 1 heterocycles. The van der Waals surface area contributed by atoms with Gasteiger partial charge in [-0.2, -0.15) is 0 Å². The van der Waals surface area contributed by atoms with Crippen LogP contribution in [0.1, 0.15) is 50.6 Å². The van der Waals surface area contributed by atoms with Crippen LogP contribution in [0.25, 0.3) is 0 Å². The van der Waals surface area contributed by atoms with Crippen molar-refractivity contribution < 1.29 is 4.74 Å². The molecule has 1 fully saturated rings. The Labute approximate surface area is 123 Å². The second-order valence-electron chi connectivity index (χ2n) is 5.68. The lowest BCUT2D eigenvalue weighted by molar-refractivity contribution is 0.234. The number of nitrogens with zero attached hydrogens (tertiary/aromatic N) is 1. The van der Waals surface area contributed by atoms with Crippen LogP contribution in [-0.2, 0) is 0 Å². The summed E-state index contributed by atoms with van der Waals surface area (Å²) in [7, 11) is 0. The van der Waals surface area contributed by atoms with Crippen molar-refractivity contribution in [2.24, 2.45) is 5.73 Å². The van der Waals surface area contributed by atoms with Gasteiger partial charge in [0.25, 0.3) is 0 Å². The van der Waals surface area contributed by atoms with Crippen LogP contribution in [0.3, 0.4) is 0 Å². The Balaban J connectivity index is 1.87. The van der Waals surface area contributed by atoms with Crippen molar-refractivity contribution in [1.29, 1.82) is 0 Å². The van der Waals surface area contributed by atoms with Crippen molar-refractivity contribution in [1.82, 2.24) is 4.90 Å². The van der Waals surface area contributed by atoms with Gasteiger partial charge in [-0.25, -0.2) is 0 Å². The molecular formula is C17H28N2O. The van der Waals surface area contributed by atoms with Crippen LogP contribution in [0, 0.1) is 0 Å². The number of nitrogens with two attached hydrogens (primary N) is 1. The van der Waals surface area contributed by atoms with E-state index in [0.29, 0.717) is 6.61 Å². The molecule has 0 spiro atoms. The molecule has 0 aliphatic carbocycles. The first kappa shape index (κ1) is 15.3. The van der Waals surface area contributed by atoms with Crippen LogP contribution < -0.4 is 10.5 Å². The predicted molar refractivity (Wildman–Crippen MR) is 84.1 cm³/mol. The lowest BCUT2D eigenvalue weighted by Gasteiger charge is -2.27. The van der Waals surface area contributed by atoms with Gasteiger partial charge in [-0.05, 0) is 50.6 Å². The second-order valence-corrected chi connectivity index (χ2v) is 5.68. The molecule has 0 saturated carbocycles. The largest absolute Gasteiger partial charge is 0.494 e. The fourth-order valence-corrected chi connectivity index (χ4v) is 2.86. The number of benzene rings is 1. The molecule has 1 aromatic rings. The minimum atomic E-state index is 0.102. The Hall–Kier alpha value is -1.06. The van der Waals surface area contributed by atoms with Gasteiger partial charge in [-0.15, -0.1) is 0 Å². The molecule has 1 saturated heterocycles. The molecule has 20 heavy (non-hydrogen) atoms. The Morgan fingerprint density at radius 2 is 1.65 bits per heavy atom. The Kier molecular flexibility index (Phi) is 6.34. The summed E-state index contributed by atoms with van der Waals surface area (Å²) in [6, 6.07) is 8.34. The molecule has 0 radical (unpaired) electrons. The zero-order valence-electron chi connectivity index (χ0n) is 12.7. The zero-order chi connectivity index (χ0) is 14.2. The number of hydrogen-bond acceptors (Lipinski definition) is 3. The van der Waals surface area contributed by atoms with Crippen molar-refractivity contribution in [2.75, 3.05) is 26.2 Å². The fraction of sp³-hybridized carbons (Fsp3) is 0.647. The van der Waals surface area contributed by atoms with Gasteiger partial charge in [0.1, 0.15) is 5.75 Å². The van der Waals surface area contributed by atoms with E-state index in [1.807, 2.05) is 19.1 Å². The molecule has 2 rings (SSSR count). The molecular weight excluding hydrogens is 248 g/mol. The molecule has 1 atom stereocenters. The third-order valence-electron chi connectivity index (χ3n) is 4.02. The van der Waals surface area contributed by atoms with E-state index in [1.165, 1.54) is 50.8 Å². The lowest BCUT2D eigenvalue weighted by atomic mass is 10.0. The van der Waals surface area contributed by atoms with Gasteiger partial charge >= 0.3 is 0 Å². The Morgan fingerprint density at radius 1 is 1.05 bits per heavy atom. The average molecular weight is 276 g/mol. The smallest absolute Gasteiger partial charge is 0.119 e. The maximum absolute atomic E-state index is 6.36. The molecule has 3 nitrogen and oxygen atoms in total. The van der Waals surface area contributed by atoms with Gasteiger partial charge in [0.05, 0.1) is 6.61 Å². The first-order valence-electron chi connectivity index (χ1n) is 8.00. The van der Waals surface area contributed by atoms with E-state index in [1.54, 1.807) is 0 Å². The molecule has 2 N–H and O–H groups in total. The van der Waals surface area contributed by atoms with Crippen LogP contribution in [0.15, 0.2) is 24.3 Å². The zero-order valence-corrected chi connectivity index (χ0v) is 12.7. The van der Waals surface area contributed by atoms with Crippen molar-refractivity contribution in [3.05, 3.63) is 29.8 Å². The summed E-state index contributed by atoms with van der Waals surface area (Å²) in [6.45, 7) is 6.07. The summed E-state index contributed by atoms with van der Waals surface area (Å²) < 4.78 is 5.47. The maximum atomic E-state index is 6.36. The van der Waals surface area contributed by atoms with E-state index < -0.39 is 0 Å². The summed E-state index contributed by atoms with van der Waals surface area (Å²) >= 11 is 0. The van der Waals surface area contributed by atoms with Crippen LogP contribution in [0.5, 0.6) is 5.75 Å². The number of ether oxygens (including phenoxy) is 1. The van der Waals surface area contributed by atoms with Gasteiger partial charge in [0, 0.05) is 12.6 Å². The first-order valence-corrected chi connectivity index (χ1v) is 8.00. The van der Waals surface area contributed by atoms with Crippen LogP contribution >= 0.6 is 0 Å². The minimum Gasteiger partial charge on any atom is -0.494 e. The summed E-state index contributed by atoms with van der Waals surface area (Å²) in [5.41, 5.74) is 7.56. The van der Waals surface area contributed by atoms with E-state index in [0.717, 1.165) is 12.3 Å². The van der Waals surface area contributed by atoms with E-state index in [4.69, 9.17) is 10.5 Å². The summed E-state index contributed by atoms with van der Waals surface area (Å²) in [5, 5.41) is 0. The lowest BCUT2D eigenvalue weighted by Crippen LogP contribution is -2.34. The van der Waals surface area contributed by atoms with E-state index in [9.17, 15) is 0 Å². The molecule has 1 aromatic carbocycles. The maximum Gasteiger partial charge on any atom is 0.119 e. The number of hydrogen-bond donors (Lipinski definition) is 1. The quantitative estimate of drug-likeness (QED) is 0.896. The number of likely N-dealkylation sites (tertiary alicyclic amines) is 1. The van der Waals surface area contributed by atoms with Crippen molar-refractivity contribution in [3.63, 3.8) is 0 Å². The van der Waals surface area contributed by atoms with Gasteiger partial charge < -0.3 is 15.4 Å². The van der Waals surface area contributed by atoms with Crippen molar-refractivity contribution in [2.45, 2.75) is 45.1 Å². The second kappa shape index (κ2) is 8.28. The number of rotatable bonds is 5. The van der Waals surface area contributed by atoms with E-state index in [-0.39, 0.29) is 6.04 Å². The molecule has 112 valence electrons. The van der Waals surface area contributed by atoms with Crippen LogP contribution in [0.2, 0.25) is 0 Å². The highest BCUT2D eigenvalue weighted by molar-refractivity contribution is 5.29. The van der Waals surface area contributed by atoms with Gasteiger partial charge in [0.15, 0.2) is 0 Å². The van der Waals surface area contributed by atoms with Crippen LogP contribution in [-0.4, -0.2) is 31.1 Å². The average Bonchev–Trinajstić information content (AvgIpc) is 2.43. The highest BCUT2D eigenvalue weighted by Crippen LogP contribution is 2.19. The monoisotopic (exact) mass is 276 g/mol. The highest BCUT2D eigenvalue weighted by Gasteiger charge is 2.13. The van der Waals surface area contributed by atoms with Crippen LogP contribution in [0.4, 0.5) is 0 Å². The van der Waals surface area contributed by atoms with Gasteiger partial charge in [-0.1, -0.05) is 31.4 Å². The molecule has 0 amide bonds. The molecule has 0 bridgehead atoms. The minimum absolute atomic E-state index is 0.102. The van der Waals surface area contributed by atoms with Gasteiger partial charge in [0.2, 0.25) is 0 Å². The summed E-state index contributed by atoms with van der Waals surface area (Å²) in [4.78, 5) is 2.53. The third kappa shape index (κ3) is 4.80. The molecule has 1 aliphatic rings. The molecule has 3 heteroatoms. The first-order chi connectivity index (χ1) is 9.79. The molecule has 0 aromatic heterocycles. The summed E-state index contributed by atoms with van der Waals surface area (Å²) in [6.07, 6.45) is 6.77. The van der Waals surface area contributed by atoms with Crippen molar-refractivity contribution >= 4 is 0 Å². The standard InChI is InChI=1S/C17H28N2O/c1-2-20-16-10-8-15(9-11-16)17(18)14-19-12-6-4-3-5-7-13-19/h8-11,17H,2-7,12-14,18H2,1H3. The Bertz CT molecular complexity index is 369. The molecule has 1 unspecified atom stereocenters. The fourth-order valence-electron chi connectivity index (χ4n) is 2.86. The normalized spacial score (nSPS) is 19.1. The van der Waals surface area contributed by atoms with E-state index >= 15 is 0 Å².